The number of nitrogens with one attached hydrogen (secondary N) is 2. The van der Waals surface area contributed by atoms with Crippen LogP contribution in [-0.4, -0.2) is 23.9 Å². The van der Waals surface area contributed by atoms with Crippen molar-refractivity contribution in [1.82, 2.24) is 10.3 Å². The zero-order chi connectivity index (χ0) is 12.0. The second kappa shape index (κ2) is 3.59. The van der Waals surface area contributed by atoms with Crippen LogP contribution in [0.5, 0.6) is 0 Å². The molecule has 17 heavy (non-hydrogen) atoms. The van der Waals surface area contributed by atoms with E-state index in [2.05, 4.69) is 10.3 Å². The van der Waals surface area contributed by atoms with Crippen molar-refractivity contribution in [3.05, 3.63) is 35.0 Å². The maximum absolute atomic E-state index is 11.1. The summed E-state index contributed by atoms with van der Waals surface area (Å²) < 4.78 is 0. The van der Waals surface area contributed by atoms with Gasteiger partial charge in [0, 0.05) is 28.0 Å². The number of benzene rings is 1. The SMILES string of the molecule is CN[C@]1(C=O)C[C@H]1c1c[nH]c2cc(Cl)ccc12. The van der Waals surface area contributed by atoms with Crippen LogP contribution in [-0.2, 0) is 4.79 Å². The normalized spacial score (nSPS) is 27.3. The Kier molecular flexibility index (Phi) is 2.28. The van der Waals surface area contributed by atoms with E-state index in [9.17, 15) is 4.79 Å². The Morgan fingerprint density at radius 1 is 1.59 bits per heavy atom. The lowest BCUT2D eigenvalue weighted by atomic mass is 10.1. The Hall–Kier alpha value is -1.32. The van der Waals surface area contributed by atoms with Crippen molar-refractivity contribution < 1.29 is 4.79 Å². The van der Waals surface area contributed by atoms with Gasteiger partial charge in [0.1, 0.15) is 6.29 Å². The molecule has 0 aliphatic heterocycles. The molecule has 2 N–H and O–H groups in total. The Bertz CT molecular complexity index is 592. The van der Waals surface area contributed by atoms with Gasteiger partial charge in [0.15, 0.2) is 0 Å². The molecule has 0 spiro atoms. The number of fused-ring (bicyclic) bond motifs is 1. The maximum atomic E-state index is 11.1. The summed E-state index contributed by atoms with van der Waals surface area (Å²) in [6.07, 6.45) is 3.86. The minimum atomic E-state index is -0.366. The number of aromatic nitrogens is 1. The topological polar surface area (TPSA) is 44.9 Å². The van der Waals surface area contributed by atoms with Crippen LogP contribution in [0.15, 0.2) is 24.4 Å². The highest BCUT2D eigenvalue weighted by Gasteiger charge is 2.54. The molecule has 2 aromatic rings. The van der Waals surface area contributed by atoms with Gasteiger partial charge in [-0.1, -0.05) is 17.7 Å². The lowest BCUT2D eigenvalue weighted by Crippen LogP contribution is -2.30. The lowest BCUT2D eigenvalue weighted by Gasteiger charge is -2.07. The van der Waals surface area contributed by atoms with Crippen LogP contribution in [0.2, 0.25) is 5.02 Å². The Balaban J connectivity index is 2.06. The van der Waals surface area contributed by atoms with Gasteiger partial charge in [-0.2, -0.15) is 0 Å². The summed E-state index contributed by atoms with van der Waals surface area (Å²) in [6.45, 7) is 0. The van der Waals surface area contributed by atoms with Crippen LogP contribution in [0.4, 0.5) is 0 Å². The van der Waals surface area contributed by atoms with E-state index in [-0.39, 0.29) is 11.5 Å². The number of aldehydes is 1. The van der Waals surface area contributed by atoms with Gasteiger partial charge in [-0.05, 0) is 31.2 Å². The van der Waals surface area contributed by atoms with Gasteiger partial charge in [0.25, 0.3) is 0 Å². The highest BCUT2D eigenvalue weighted by Crippen LogP contribution is 2.51. The fourth-order valence-electron chi connectivity index (χ4n) is 2.54. The van der Waals surface area contributed by atoms with Crippen molar-refractivity contribution in [2.24, 2.45) is 0 Å². The van der Waals surface area contributed by atoms with Gasteiger partial charge in [-0.3, -0.25) is 0 Å². The molecule has 0 radical (unpaired) electrons. The standard InChI is InChI=1S/C13H13ClN2O/c1-15-13(7-17)5-11(13)10-6-16-12-4-8(14)2-3-9(10)12/h2-4,6-7,11,15-16H,5H2,1H3/t11-,13-/m0/s1. The van der Waals surface area contributed by atoms with Crippen molar-refractivity contribution in [2.75, 3.05) is 7.05 Å². The number of halogens is 1. The largest absolute Gasteiger partial charge is 0.361 e. The predicted octanol–water partition coefficient (Wildman–Crippen LogP) is 2.47. The van der Waals surface area contributed by atoms with Gasteiger partial charge in [-0.25, -0.2) is 0 Å². The van der Waals surface area contributed by atoms with E-state index in [1.54, 1.807) is 0 Å². The summed E-state index contributed by atoms with van der Waals surface area (Å²) >= 11 is 5.95. The second-order valence-corrected chi connectivity index (χ2v) is 5.04. The van der Waals surface area contributed by atoms with Crippen LogP contribution in [0.3, 0.4) is 0 Å². The number of likely N-dealkylation sites (N-methyl/N-ethyl adjacent to an activating group) is 1. The zero-order valence-electron chi connectivity index (χ0n) is 9.46. The van der Waals surface area contributed by atoms with Crippen molar-refractivity contribution in [2.45, 2.75) is 17.9 Å². The van der Waals surface area contributed by atoms with E-state index < -0.39 is 0 Å². The number of H-pyrrole nitrogens is 1. The zero-order valence-corrected chi connectivity index (χ0v) is 10.2. The first-order valence-corrected chi connectivity index (χ1v) is 6.00. The Morgan fingerprint density at radius 2 is 2.41 bits per heavy atom. The average molecular weight is 249 g/mol. The molecular weight excluding hydrogens is 236 g/mol. The van der Waals surface area contributed by atoms with Crippen molar-refractivity contribution >= 4 is 28.8 Å². The first-order valence-electron chi connectivity index (χ1n) is 5.62. The fraction of sp³-hybridized carbons (Fsp3) is 0.308. The highest BCUT2D eigenvalue weighted by atomic mass is 35.5. The second-order valence-electron chi connectivity index (χ2n) is 4.60. The highest BCUT2D eigenvalue weighted by molar-refractivity contribution is 6.31. The first-order chi connectivity index (χ1) is 8.20. The van der Waals surface area contributed by atoms with E-state index >= 15 is 0 Å². The molecule has 0 amide bonds. The average Bonchev–Trinajstić information content (AvgIpc) is 2.94. The minimum absolute atomic E-state index is 0.264. The summed E-state index contributed by atoms with van der Waals surface area (Å²) in [6, 6.07) is 5.79. The molecule has 1 aliphatic carbocycles. The summed E-state index contributed by atoms with van der Waals surface area (Å²) in [5, 5.41) is 4.98. The molecule has 0 bridgehead atoms. The predicted molar refractivity (Wildman–Crippen MR) is 68.5 cm³/mol. The molecule has 0 saturated heterocycles. The van der Waals surface area contributed by atoms with Crippen molar-refractivity contribution in [3.63, 3.8) is 0 Å². The molecule has 1 heterocycles. The molecular formula is C13H13ClN2O. The number of aromatic amines is 1. The molecule has 0 unspecified atom stereocenters. The third-order valence-electron chi connectivity index (χ3n) is 3.73. The Labute approximate surface area is 104 Å². The molecule has 4 heteroatoms. The first kappa shape index (κ1) is 10.8. The van der Waals surface area contributed by atoms with E-state index in [4.69, 9.17) is 11.6 Å². The maximum Gasteiger partial charge on any atom is 0.140 e. The number of hydrogen-bond donors (Lipinski definition) is 2. The number of carbonyl (C=O) groups is 1. The van der Waals surface area contributed by atoms with Gasteiger partial charge < -0.3 is 15.1 Å². The van der Waals surface area contributed by atoms with Gasteiger partial charge >= 0.3 is 0 Å². The third kappa shape index (κ3) is 1.50. The molecule has 88 valence electrons. The number of hydrogen-bond acceptors (Lipinski definition) is 2. The van der Waals surface area contributed by atoms with Crippen LogP contribution in [0, 0.1) is 0 Å². The van der Waals surface area contributed by atoms with E-state index in [0.717, 1.165) is 28.6 Å². The molecule has 2 atom stereocenters. The van der Waals surface area contributed by atoms with Crippen LogP contribution in [0.1, 0.15) is 17.9 Å². The molecule has 3 rings (SSSR count). The van der Waals surface area contributed by atoms with Crippen LogP contribution in [0.25, 0.3) is 10.9 Å². The summed E-state index contributed by atoms with van der Waals surface area (Å²) in [4.78, 5) is 14.3. The number of carbonyl (C=O) groups excluding carboxylic acids is 1. The minimum Gasteiger partial charge on any atom is -0.361 e. The van der Waals surface area contributed by atoms with Crippen molar-refractivity contribution in [1.29, 1.82) is 0 Å². The molecule has 1 saturated carbocycles. The lowest BCUT2D eigenvalue weighted by molar-refractivity contribution is -0.110. The van der Waals surface area contributed by atoms with E-state index in [1.165, 1.54) is 5.56 Å². The summed E-state index contributed by atoms with van der Waals surface area (Å²) in [5.41, 5.74) is 1.85. The van der Waals surface area contributed by atoms with E-state index in [1.807, 2.05) is 31.4 Å². The van der Waals surface area contributed by atoms with Crippen LogP contribution < -0.4 is 5.32 Å². The smallest absolute Gasteiger partial charge is 0.140 e. The third-order valence-corrected chi connectivity index (χ3v) is 3.97. The van der Waals surface area contributed by atoms with Gasteiger partial charge in [0.2, 0.25) is 0 Å². The molecule has 1 aromatic carbocycles. The van der Waals surface area contributed by atoms with Gasteiger partial charge in [0.05, 0.1) is 5.54 Å². The van der Waals surface area contributed by atoms with E-state index in [0.29, 0.717) is 0 Å². The Morgan fingerprint density at radius 3 is 3.06 bits per heavy atom. The van der Waals surface area contributed by atoms with Crippen LogP contribution >= 0.6 is 11.6 Å². The molecule has 3 nitrogen and oxygen atoms in total. The molecule has 1 fully saturated rings. The number of rotatable bonds is 3. The summed E-state index contributed by atoms with van der Waals surface area (Å²) in [5.74, 6) is 0.264. The van der Waals surface area contributed by atoms with Crippen molar-refractivity contribution in [3.8, 4) is 0 Å². The quantitative estimate of drug-likeness (QED) is 0.820. The monoisotopic (exact) mass is 248 g/mol. The molecule has 1 aromatic heterocycles. The molecule has 1 aliphatic rings. The summed E-state index contributed by atoms with van der Waals surface area (Å²) in [7, 11) is 1.83. The fourth-order valence-corrected chi connectivity index (χ4v) is 2.71. The van der Waals surface area contributed by atoms with Gasteiger partial charge in [-0.15, -0.1) is 0 Å².